The number of aliphatic imine (C=N–C) groups is 1. The van der Waals surface area contributed by atoms with Crippen LogP contribution >= 0.6 is 11.6 Å². The molecule has 1 unspecified atom stereocenters. The van der Waals surface area contributed by atoms with Gasteiger partial charge in [-0.1, -0.05) is 17.7 Å². The average molecular weight is 339 g/mol. The van der Waals surface area contributed by atoms with Gasteiger partial charge in [0.05, 0.1) is 22.9 Å². The van der Waals surface area contributed by atoms with Gasteiger partial charge in [-0.15, -0.1) is 0 Å². The minimum atomic E-state index is -1.10. The van der Waals surface area contributed by atoms with Crippen molar-refractivity contribution in [1.29, 1.82) is 0 Å². The van der Waals surface area contributed by atoms with Crippen LogP contribution in [0.3, 0.4) is 0 Å². The Balaban J connectivity index is 3.07. The topological polar surface area (TPSA) is 84.8 Å². The first kappa shape index (κ1) is 18.8. The molecular weight excluding hydrogens is 320 g/mol. The van der Waals surface area contributed by atoms with Crippen molar-refractivity contribution in [2.75, 3.05) is 13.2 Å². The van der Waals surface area contributed by atoms with Crippen molar-refractivity contribution in [2.24, 2.45) is 10.9 Å². The van der Waals surface area contributed by atoms with E-state index in [-0.39, 0.29) is 28.9 Å². The van der Waals surface area contributed by atoms with Crippen LogP contribution < -0.4 is 5.32 Å². The number of nitrogens with zero attached hydrogens (tertiary/aromatic N) is 1. The SMILES string of the molecule is CCNC(=O)c1cccc(N=CC(C(C)=O)C(=O)OCC)c1Cl. The molecular formula is C16H19ClN2O4. The molecule has 0 saturated carbocycles. The average Bonchev–Trinajstić information content (AvgIpc) is 2.49. The summed E-state index contributed by atoms with van der Waals surface area (Å²) in [7, 11) is 0. The first-order chi connectivity index (χ1) is 10.9. The first-order valence-corrected chi connectivity index (χ1v) is 7.58. The smallest absolute Gasteiger partial charge is 0.321 e. The number of esters is 1. The molecule has 1 amide bonds. The molecule has 1 aromatic rings. The molecule has 0 fully saturated rings. The van der Waals surface area contributed by atoms with Crippen LogP contribution in [0.25, 0.3) is 0 Å². The molecule has 1 atom stereocenters. The monoisotopic (exact) mass is 338 g/mol. The van der Waals surface area contributed by atoms with Crippen LogP contribution in [0.1, 0.15) is 31.1 Å². The third-order valence-corrected chi connectivity index (χ3v) is 3.30. The maximum Gasteiger partial charge on any atom is 0.321 e. The molecule has 0 saturated heterocycles. The van der Waals surface area contributed by atoms with Crippen LogP contribution in [0.2, 0.25) is 5.02 Å². The van der Waals surface area contributed by atoms with E-state index in [0.29, 0.717) is 12.2 Å². The van der Waals surface area contributed by atoms with E-state index >= 15 is 0 Å². The number of benzene rings is 1. The second-order valence-corrected chi connectivity index (χ2v) is 4.99. The second kappa shape index (κ2) is 9.05. The molecule has 1 N–H and O–H groups in total. The lowest BCUT2D eigenvalue weighted by Gasteiger charge is -2.09. The summed E-state index contributed by atoms with van der Waals surface area (Å²) in [5, 5.41) is 2.80. The van der Waals surface area contributed by atoms with E-state index in [4.69, 9.17) is 16.3 Å². The number of ketones is 1. The van der Waals surface area contributed by atoms with E-state index in [1.807, 2.05) is 0 Å². The predicted molar refractivity (Wildman–Crippen MR) is 88.4 cm³/mol. The zero-order valence-corrected chi connectivity index (χ0v) is 14.0. The number of carbonyl (C=O) groups is 3. The highest BCUT2D eigenvalue weighted by Gasteiger charge is 2.22. The van der Waals surface area contributed by atoms with Gasteiger partial charge in [-0.25, -0.2) is 0 Å². The number of hydrogen-bond acceptors (Lipinski definition) is 5. The fourth-order valence-corrected chi connectivity index (χ4v) is 2.03. The summed E-state index contributed by atoms with van der Waals surface area (Å²) in [6.45, 7) is 5.37. The Hall–Kier alpha value is -2.21. The second-order valence-electron chi connectivity index (χ2n) is 4.62. The van der Waals surface area contributed by atoms with Gasteiger partial charge in [0.2, 0.25) is 0 Å². The Morgan fingerprint density at radius 3 is 2.61 bits per heavy atom. The fraction of sp³-hybridized carbons (Fsp3) is 0.375. The predicted octanol–water partition coefficient (Wildman–Crippen LogP) is 2.56. The molecule has 0 aliphatic heterocycles. The first-order valence-electron chi connectivity index (χ1n) is 7.20. The van der Waals surface area contributed by atoms with Gasteiger partial charge in [0.25, 0.3) is 5.91 Å². The number of hydrogen-bond donors (Lipinski definition) is 1. The summed E-state index contributed by atoms with van der Waals surface area (Å²) in [5.41, 5.74) is 0.574. The lowest BCUT2D eigenvalue weighted by atomic mass is 10.1. The van der Waals surface area contributed by atoms with Crippen LogP contribution in [0.4, 0.5) is 5.69 Å². The quantitative estimate of drug-likeness (QED) is 0.470. The van der Waals surface area contributed by atoms with E-state index in [9.17, 15) is 14.4 Å². The molecule has 1 rings (SSSR count). The zero-order chi connectivity index (χ0) is 17.4. The van der Waals surface area contributed by atoms with Crippen molar-refractivity contribution in [2.45, 2.75) is 20.8 Å². The number of amides is 1. The van der Waals surface area contributed by atoms with Gasteiger partial charge in [0.15, 0.2) is 5.92 Å². The Morgan fingerprint density at radius 2 is 2.04 bits per heavy atom. The number of ether oxygens (including phenoxy) is 1. The number of halogens is 1. The molecule has 0 spiro atoms. The van der Waals surface area contributed by atoms with Gasteiger partial charge in [0, 0.05) is 12.8 Å². The molecule has 124 valence electrons. The normalized spacial score (nSPS) is 12.0. The summed E-state index contributed by atoms with van der Waals surface area (Å²) in [6, 6.07) is 4.78. The van der Waals surface area contributed by atoms with Crippen LogP contribution in [0.15, 0.2) is 23.2 Å². The van der Waals surface area contributed by atoms with E-state index < -0.39 is 11.9 Å². The molecule has 0 bridgehead atoms. The van der Waals surface area contributed by atoms with Crippen molar-refractivity contribution in [3.8, 4) is 0 Å². The molecule has 0 aromatic heterocycles. The maximum absolute atomic E-state index is 11.9. The molecule has 7 heteroatoms. The van der Waals surface area contributed by atoms with Crippen molar-refractivity contribution in [1.82, 2.24) is 5.32 Å². The number of rotatable bonds is 7. The lowest BCUT2D eigenvalue weighted by Crippen LogP contribution is -2.25. The molecule has 1 aromatic carbocycles. The van der Waals surface area contributed by atoms with Crippen molar-refractivity contribution >= 4 is 41.2 Å². The minimum absolute atomic E-state index is 0.154. The summed E-state index contributed by atoms with van der Waals surface area (Å²) in [5.74, 6) is -2.47. The van der Waals surface area contributed by atoms with Crippen LogP contribution in [0.5, 0.6) is 0 Å². The van der Waals surface area contributed by atoms with E-state index in [0.717, 1.165) is 0 Å². The largest absolute Gasteiger partial charge is 0.465 e. The number of Topliss-reactive ketones (excluding diaryl/α,β-unsaturated/α-hetero) is 1. The third kappa shape index (κ3) is 5.17. The third-order valence-electron chi connectivity index (χ3n) is 2.90. The van der Waals surface area contributed by atoms with Gasteiger partial charge in [-0.3, -0.25) is 19.4 Å². The van der Waals surface area contributed by atoms with Crippen molar-refractivity contribution < 1.29 is 19.1 Å². The highest BCUT2D eigenvalue weighted by atomic mass is 35.5. The van der Waals surface area contributed by atoms with Gasteiger partial charge in [0.1, 0.15) is 5.78 Å². The Kier molecular flexibility index (Phi) is 7.41. The molecule has 0 aliphatic carbocycles. The molecule has 0 aliphatic rings. The zero-order valence-electron chi connectivity index (χ0n) is 13.3. The summed E-state index contributed by atoms with van der Waals surface area (Å²) < 4.78 is 4.83. The van der Waals surface area contributed by atoms with Gasteiger partial charge in [-0.2, -0.15) is 0 Å². The minimum Gasteiger partial charge on any atom is -0.465 e. The standard InChI is InChI=1S/C16H19ClN2O4/c1-4-18-15(21)11-7-6-8-13(14(11)17)19-9-12(10(3)20)16(22)23-5-2/h6-9,12H,4-5H2,1-3H3,(H,18,21). The van der Waals surface area contributed by atoms with Crippen LogP contribution in [0, 0.1) is 5.92 Å². The molecule has 0 radical (unpaired) electrons. The van der Waals surface area contributed by atoms with Crippen LogP contribution in [-0.4, -0.2) is 37.0 Å². The summed E-state index contributed by atoms with van der Waals surface area (Å²) >= 11 is 6.17. The van der Waals surface area contributed by atoms with E-state index in [2.05, 4.69) is 10.3 Å². The van der Waals surface area contributed by atoms with Gasteiger partial charge >= 0.3 is 5.97 Å². The number of nitrogens with one attached hydrogen (secondary N) is 1. The van der Waals surface area contributed by atoms with E-state index in [1.165, 1.54) is 13.1 Å². The van der Waals surface area contributed by atoms with Crippen molar-refractivity contribution in [3.63, 3.8) is 0 Å². The highest BCUT2D eigenvalue weighted by Crippen LogP contribution is 2.28. The van der Waals surface area contributed by atoms with Gasteiger partial charge in [-0.05, 0) is 32.9 Å². The Morgan fingerprint density at radius 1 is 1.35 bits per heavy atom. The van der Waals surface area contributed by atoms with Gasteiger partial charge < -0.3 is 10.1 Å². The lowest BCUT2D eigenvalue weighted by molar-refractivity contribution is -0.148. The van der Waals surface area contributed by atoms with Crippen molar-refractivity contribution in [3.05, 3.63) is 28.8 Å². The Bertz CT molecular complexity index is 629. The van der Waals surface area contributed by atoms with E-state index in [1.54, 1.807) is 32.0 Å². The maximum atomic E-state index is 11.9. The molecule has 6 nitrogen and oxygen atoms in total. The highest BCUT2D eigenvalue weighted by molar-refractivity contribution is 6.36. The molecule has 23 heavy (non-hydrogen) atoms. The fourth-order valence-electron chi connectivity index (χ4n) is 1.77. The molecule has 0 heterocycles. The summed E-state index contributed by atoms with van der Waals surface area (Å²) in [6.07, 6.45) is 1.18. The summed E-state index contributed by atoms with van der Waals surface area (Å²) in [4.78, 5) is 39.2. The van der Waals surface area contributed by atoms with Crippen LogP contribution in [-0.2, 0) is 14.3 Å². The Labute approximate surface area is 139 Å². The number of carbonyl (C=O) groups excluding carboxylic acids is 3.